The Labute approximate surface area is 205 Å². The van der Waals surface area contributed by atoms with Gasteiger partial charge in [-0.1, -0.05) is 25.6 Å². The van der Waals surface area contributed by atoms with E-state index in [2.05, 4.69) is 24.1 Å². The van der Waals surface area contributed by atoms with Crippen LogP contribution in [0.4, 0.5) is 4.79 Å². The lowest BCUT2D eigenvalue weighted by Crippen LogP contribution is -2.57. The van der Waals surface area contributed by atoms with Crippen LogP contribution < -0.4 is 5.32 Å². The quantitative estimate of drug-likeness (QED) is 0.397. The van der Waals surface area contributed by atoms with Gasteiger partial charge in [-0.2, -0.15) is 0 Å². The highest BCUT2D eigenvalue weighted by atomic mass is 32.2. The normalized spacial score (nSPS) is 22.0. The smallest absolute Gasteiger partial charge is 0.325 e. The number of thiazole rings is 1. The molecule has 1 atom stereocenters. The summed E-state index contributed by atoms with van der Waals surface area (Å²) in [5.41, 5.74) is 0.126. The van der Waals surface area contributed by atoms with Gasteiger partial charge in [0.15, 0.2) is 4.34 Å². The molecule has 0 aromatic carbocycles. The highest BCUT2D eigenvalue weighted by Gasteiger charge is 2.55. The van der Waals surface area contributed by atoms with Crippen LogP contribution >= 0.6 is 23.1 Å². The molecule has 2 fully saturated rings. The average Bonchev–Trinajstić information content (AvgIpc) is 3.29. The van der Waals surface area contributed by atoms with Crippen molar-refractivity contribution in [2.45, 2.75) is 56.3 Å². The van der Waals surface area contributed by atoms with Crippen LogP contribution in [0.3, 0.4) is 0 Å². The highest BCUT2D eigenvalue weighted by Crippen LogP contribution is 2.38. The summed E-state index contributed by atoms with van der Waals surface area (Å²) in [4.78, 5) is 48.8. The van der Waals surface area contributed by atoms with Gasteiger partial charge in [0.25, 0.3) is 5.91 Å². The molecule has 0 spiro atoms. The molecule has 0 bridgehead atoms. The van der Waals surface area contributed by atoms with E-state index < -0.39 is 5.54 Å². The number of imide groups is 1. The molecule has 0 unspecified atom stereocenters. The molecule has 33 heavy (non-hydrogen) atoms. The zero-order valence-corrected chi connectivity index (χ0v) is 22.1. The molecule has 184 valence electrons. The van der Waals surface area contributed by atoms with Crippen molar-refractivity contribution >= 4 is 40.9 Å². The van der Waals surface area contributed by atoms with Gasteiger partial charge in [0.05, 0.1) is 5.75 Å². The first-order valence-corrected chi connectivity index (χ1v) is 13.6. The van der Waals surface area contributed by atoms with Gasteiger partial charge in [-0.15, -0.1) is 11.3 Å². The Morgan fingerprint density at radius 3 is 2.61 bits per heavy atom. The maximum Gasteiger partial charge on any atom is 0.325 e. The van der Waals surface area contributed by atoms with E-state index in [0.29, 0.717) is 44.3 Å². The molecule has 0 saturated carbocycles. The zero-order valence-electron chi connectivity index (χ0n) is 20.4. The van der Waals surface area contributed by atoms with Gasteiger partial charge in [0, 0.05) is 37.3 Å². The molecule has 2 aliphatic rings. The highest BCUT2D eigenvalue weighted by molar-refractivity contribution is 8.01. The molecule has 3 heterocycles. The number of aromatic nitrogens is 1. The van der Waals surface area contributed by atoms with Crippen LogP contribution in [0, 0.1) is 18.8 Å². The number of likely N-dealkylation sites (N-methyl/N-ethyl adjacent to an activating group) is 1. The Bertz CT molecular complexity index is 851. The van der Waals surface area contributed by atoms with Crippen LogP contribution in [-0.2, 0) is 9.59 Å². The number of nitrogens with one attached hydrogen (secondary N) is 1. The number of aryl methyl sites for hydroxylation is 1. The molecular weight excluding hydrogens is 458 g/mol. The molecule has 2 aliphatic heterocycles. The Balaban J connectivity index is 1.63. The van der Waals surface area contributed by atoms with Crippen LogP contribution in [-0.4, -0.2) is 89.1 Å². The molecular formula is C23H37N5O3S2. The number of likely N-dealkylation sites (tertiary alicyclic amines) is 1. The number of hydrogen-bond acceptors (Lipinski definition) is 7. The predicted molar refractivity (Wildman–Crippen MR) is 132 cm³/mol. The summed E-state index contributed by atoms with van der Waals surface area (Å²) >= 11 is 3.05. The first-order valence-electron chi connectivity index (χ1n) is 11.7. The number of thioether (sulfide) groups is 1. The van der Waals surface area contributed by atoms with Gasteiger partial charge < -0.3 is 15.1 Å². The van der Waals surface area contributed by atoms with Crippen molar-refractivity contribution in [3.05, 3.63) is 11.1 Å². The lowest BCUT2D eigenvalue weighted by atomic mass is 9.74. The Hall–Kier alpha value is -1.65. The zero-order chi connectivity index (χ0) is 24.2. The lowest BCUT2D eigenvalue weighted by Gasteiger charge is -2.41. The molecule has 2 saturated heterocycles. The van der Waals surface area contributed by atoms with Crippen molar-refractivity contribution < 1.29 is 14.4 Å². The van der Waals surface area contributed by atoms with Gasteiger partial charge in [0.2, 0.25) is 5.91 Å². The molecule has 0 aliphatic carbocycles. The minimum atomic E-state index is -0.851. The second kappa shape index (κ2) is 11.2. The van der Waals surface area contributed by atoms with Crippen LogP contribution in [0.5, 0.6) is 0 Å². The summed E-state index contributed by atoms with van der Waals surface area (Å²) in [5.74, 6) is 0.877. The topological polar surface area (TPSA) is 85.9 Å². The van der Waals surface area contributed by atoms with Crippen LogP contribution in [0.25, 0.3) is 0 Å². The van der Waals surface area contributed by atoms with Crippen molar-refractivity contribution in [2.24, 2.45) is 11.8 Å². The van der Waals surface area contributed by atoms with Crippen LogP contribution in [0.15, 0.2) is 9.72 Å². The SMILES string of the molecule is Cc1csc(SCC(=O)N2CCC([C@@]3(CCC(C)C)NC(=O)N(CCN(C)C)C3=O)CC2)n1. The minimum Gasteiger partial charge on any atom is -0.342 e. The number of carbonyl (C=O) groups excluding carboxylic acids is 3. The number of nitrogens with zero attached hydrogens (tertiary/aromatic N) is 4. The first-order chi connectivity index (χ1) is 15.6. The monoisotopic (exact) mass is 495 g/mol. The largest absolute Gasteiger partial charge is 0.342 e. The first kappa shape index (κ1) is 26.0. The van der Waals surface area contributed by atoms with E-state index in [1.807, 2.05) is 36.2 Å². The Morgan fingerprint density at radius 2 is 2.03 bits per heavy atom. The van der Waals surface area contributed by atoms with Crippen LogP contribution in [0.2, 0.25) is 0 Å². The average molecular weight is 496 g/mol. The van der Waals surface area contributed by atoms with Crippen molar-refractivity contribution in [2.75, 3.05) is 46.0 Å². The third-order valence-corrected chi connectivity index (χ3v) is 8.67. The number of amides is 4. The summed E-state index contributed by atoms with van der Waals surface area (Å²) < 4.78 is 0.917. The summed E-state index contributed by atoms with van der Waals surface area (Å²) in [7, 11) is 3.87. The van der Waals surface area contributed by atoms with Crippen molar-refractivity contribution in [3.8, 4) is 0 Å². The fourth-order valence-corrected chi connectivity index (χ4v) is 6.30. The second-order valence-corrected chi connectivity index (χ2v) is 11.9. The van der Waals surface area contributed by atoms with Crippen molar-refractivity contribution in [1.82, 2.24) is 25.0 Å². The van der Waals surface area contributed by atoms with E-state index in [1.165, 1.54) is 16.7 Å². The lowest BCUT2D eigenvalue weighted by molar-refractivity contribution is -0.135. The van der Waals surface area contributed by atoms with E-state index >= 15 is 0 Å². The number of piperidine rings is 1. The van der Waals surface area contributed by atoms with E-state index in [9.17, 15) is 14.4 Å². The number of urea groups is 1. The minimum absolute atomic E-state index is 0.0374. The van der Waals surface area contributed by atoms with Crippen LogP contribution in [0.1, 0.15) is 45.2 Å². The molecule has 3 rings (SSSR count). The molecule has 1 aromatic heterocycles. The van der Waals surface area contributed by atoms with E-state index in [0.717, 1.165) is 29.3 Å². The Kier molecular flexibility index (Phi) is 8.80. The number of hydrogen-bond donors (Lipinski definition) is 1. The summed E-state index contributed by atoms with van der Waals surface area (Å²) in [5, 5.41) is 5.10. The Morgan fingerprint density at radius 1 is 1.33 bits per heavy atom. The molecule has 1 N–H and O–H groups in total. The molecule has 10 heteroatoms. The van der Waals surface area contributed by atoms with Crippen molar-refractivity contribution in [1.29, 1.82) is 0 Å². The van der Waals surface area contributed by atoms with Crippen molar-refractivity contribution in [3.63, 3.8) is 0 Å². The van der Waals surface area contributed by atoms with Gasteiger partial charge in [-0.25, -0.2) is 9.78 Å². The predicted octanol–water partition coefficient (Wildman–Crippen LogP) is 3.07. The summed E-state index contributed by atoms with van der Waals surface area (Å²) in [6.07, 6.45) is 2.96. The molecule has 0 radical (unpaired) electrons. The van der Waals surface area contributed by atoms with Gasteiger partial charge in [0.1, 0.15) is 5.54 Å². The third kappa shape index (κ3) is 6.27. The summed E-state index contributed by atoms with van der Waals surface area (Å²) in [6, 6.07) is -0.278. The molecule has 4 amide bonds. The third-order valence-electron chi connectivity index (χ3n) is 6.55. The molecule has 8 nitrogen and oxygen atoms in total. The number of rotatable bonds is 10. The van der Waals surface area contributed by atoms with E-state index in [1.54, 1.807) is 11.3 Å². The summed E-state index contributed by atoms with van der Waals surface area (Å²) in [6.45, 7) is 8.50. The fourth-order valence-electron chi connectivity index (χ4n) is 4.55. The molecule has 1 aromatic rings. The maximum atomic E-state index is 13.6. The van der Waals surface area contributed by atoms with Gasteiger partial charge in [-0.3, -0.25) is 14.5 Å². The van der Waals surface area contributed by atoms with Gasteiger partial charge >= 0.3 is 6.03 Å². The van der Waals surface area contributed by atoms with Gasteiger partial charge in [-0.05, 0) is 58.5 Å². The maximum absolute atomic E-state index is 13.6. The van der Waals surface area contributed by atoms with E-state index in [-0.39, 0.29) is 23.8 Å². The van der Waals surface area contributed by atoms with E-state index in [4.69, 9.17) is 0 Å². The fraction of sp³-hybridized carbons (Fsp3) is 0.739. The number of carbonyl (C=O) groups is 3. The second-order valence-electron chi connectivity index (χ2n) is 9.79. The standard InChI is InChI=1S/C23H37N5O3S2/c1-16(2)6-9-23(20(30)28(21(31)25-23)13-12-26(4)5)18-7-10-27(11-8-18)19(29)15-33-22-24-17(3)14-32-22/h14,16,18H,6-13,15H2,1-5H3,(H,25,31)/t23-/m1/s1.